The Bertz CT molecular complexity index is 88.6. The van der Waals surface area contributed by atoms with Crippen molar-refractivity contribution in [3.05, 3.63) is 4.91 Å². The van der Waals surface area contributed by atoms with Gasteiger partial charge in [0.25, 0.3) is 0 Å². The zero-order valence-corrected chi connectivity index (χ0v) is 4.51. The first-order valence-electron chi connectivity index (χ1n) is 3.25. The summed E-state index contributed by atoms with van der Waals surface area (Å²) in [6.45, 7) is 2.24. The molecule has 3 heteroatoms. The summed E-state index contributed by atoms with van der Waals surface area (Å²) in [5.41, 5.74) is 0. The fraction of sp³-hybridized carbons (Fsp3) is 1.00. The van der Waals surface area contributed by atoms with Gasteiger partial charge in [0.05, 0.1) is 15.8 Å². The number of hydrogen-bond acceptors (Lipinski definition) is 1. The van der Waals surface area contributed by atoms with E-state index < -0.39 is 7.00 Å². The molecule has 0 rings (SSSR count). The van der Waals surface area contributed by atoms with Crippen molar-refractivity contribution in [1.29, 1.82) is 0 Å². The molecule has 0 heterocycles. The van der Waals surface area contributed by atoms with E-state index in [1.807, 2.05) is 0 Å². The lowest BCUT2D eigenvalue weighted by Gasteiger charge is -2.04. The highest BCUT2D eigenvalue weighted by atomic mass is 16.3. The number of hydrazine groups is 1. The highest BCUT2D eigenvalue weighted by molar-refractivity contribution is 4.39. The van der Waals surface area contributed by atoms with Crippen LogP contribution >= 0.6 is 0 Å². The SMILES string of the molecule is [2H]C([2H])N([NH+]=O)C(C)C. The Balaban J connectivity index is 3.82. The minimum Gasteiger partial charge on any atom is -0.144 e. The standard InChI is InChI=1S/C4H10N2O/c1-4(2)6(3)5-7/h4H,1-3H3/p+1/i3D2. The van der Waals surface area contributed by atoms with Crippen molar-refractivity contribution in [2.45, 2.75) is 19.9 Å². The van der Waals surface area contributed by atoms with Gasteiger partial charge in [0, 0.05) is 4.91 Å². The van der Waals surface area contributed by atoms with Gasteiger partial charge in [-0.15, -0.1) is 5.01 Å². The molecule has 0 aromatic carbocycles. The third-order valence-corrected chi connectivity index (χ3v) is 0.662. The minimum atomic E-state index is -1.23. The van der Waals surface area contributed by atoms with Gasteiger partial charge in [0.15, 0.2) is 0 Å². The molecule has 0 aliphatic carbocycles. The smallest absolute Gasteiger partial charge is 0.102 e. The molecule has 0 spiro atoms. The van der Waals surface area contributed by atoms with E-state index in [1.54, 1.807) is 13.8 Å². The van der Waals surface area contributed by atoms with Gasteiger partial charge >= 0.3 is 0 Å². The lowest BCUT2D eigenvalue weighted by molar-refractivity contribution is -0.664. The van der Waals surface area contributed by atoms with Crippen LogP contribution in [0, 0.1) is 4.91 Å². The Hall–Kier alpha value is -0.600. The van der Waals surface area contributed by atoms with E-state index in [-0.39, 0.29) is 6.04 Å². The molecule has 7 heavy (non-hydrogen) atoms. The molecule has 0 aliphatic rings. The van der Waals surface area contributed by atoms with Crippen LogP contribution in [0.5, 0.6) is 0 Å². The van der Waals surface area contributed by atoms with Crippen molar-refractivity contribution < 1.29 is 8.03 Å². The number of nitrogens with zero attached hydrogens (tertiary/aromatic N) is 1. The summed E-state index contributed by atoms with van der Waals surface area (Å²) in [5.74, 6) is 0. The first-order valence-corrected chi connectivity index (χ1v) is 2.10. The molecule has 0 unspecified atom stereocenters. The Morgan fingerprint density at radius 1 is 1.86 bits per heavy atom. The lowest BCUT2D eigenvalue weighted by Crippen LogP contribution is -2.78. The highest BCUT2D eigenvalue weighted by Gasteiger charge is 2.02. The molecular weight excluding hydrogens is 92.1 g/mol. The van der Waals surface area contributed by atoms with Gasteiger partial charge < -0.3 is 0 Å². The van der Waals surface area contributed by atoms with Crippen molar-refractivity contribution in [3.8, 4) is 0 Å². The van der Waals surface area contributed by atoms with Crippen LogP contribution in [0.2, 0.25) is 0 Å². The van der Waals surface area contributed by atoms with Crippen molar-refractivity contribution in [1.82, 2.24) is 5.01 Å². The summed E-state index contributed by atoms with van der Waals surface area (Å²) < 4.78 is 13.6. The second kappa shape index (κ2) is 2.55. The fourth-order valence-electron chi connectivity index (χ4n) is 0.105. The van der Waals surface area contributed by atoms with Crippen molar-refractivity contribution in [3.63, 3.8) is 0 Å². The molecule has 0 fully saturated rings. The number of nitrogens with one attached hydrogen (secondary N) is 1. The van der Waals surface area contributed by atoms with Gasteiger partial charge in [0.1, 0.15) is 5.29 Å². The number of hydrogen-bond donors (Lipinski definition) is 1. The molecular formula is C4H11N2O+. The lowest BCUT2D eigenvalue weighted by atomic mass is 10.4. The van der Waals surface area contributed by atoms with Gasteiger partial charge in [-0.3, -0.25) is 0 Å². The van der Waals surface area contributed by atoms with E-state index in [9.17, 15) is 4.91 Å². The van der Waals surface area contributed by atoms with Crippen LogP contribution in [-0.2, 0) is 0 Å². The predicted octanol–water partition coefficient (Wildman–Crippen LogP) is -0.911. The Morgan fingerprint density at radius 2 is 2.43 bits per heavy atom. The molecule has 0 bridgehead atoms. The third-order valence-electron chi connectivity index (χ3n) is 0.662. The molecule has 0 amide bonds. The van der Waals surface area contributed by atoms with Gasteiger partial charge in [0.2, 0.25) is 0 Å². The Morgan fingerprint density at radius 3 is 2.43 bits per heavy atom. The van der Waals surface area contributed by atoms with Crippen molar-refractivity contribution in [2.75, 3.05) is 7.00 Å². The quantitative estimate of drug-likeness (QED) is 0.461. The van der Waals surface area contributed by atoms with Gasteiger partial charge in [-0.25, -0.2) is 0 Å². The van der Waals surface area contributed by atoms with E-state index in [4.69, 9.17) is 2.74 Å². The van der Waals surface area contributed by atoms with Gasteiger partial charge in [-0.2, -0.15) is 0 Å². The largest absolute Gasteiger partial charge is 0.144 e. The van der Waals surface area contributed by atoms with Gasteiger partial charge in [-0.05, 0) is 13.8 Å². The van der Waals surface area contributed by atoms with Crippen LogP contribution in [0.1, 0.15) is 16.6 Å². The molecule has 0 saturated heterocycles. The fourth-order valence-corrected chi connectivity index (χ4v) is 0.105. The van der Waals surface area contributed by atoms with E-state index in [1.165, 1.54) is 5.29 Å². The Kier molecular flexibility index (Phi) is 1.24. The summed E-state index contributed by atoms with van der Waals surface area (Å²) in [5, 5.41) is 2.50. The van der Waals surface area contributed by atoms with Crippen LogP contribution in [0.25, 0.3) is 0 Å². The van der Waals surface area contributed by atoms with E-state index in [2.05, 4.69) is 0 Å². The summed E-state index contributed by atoms with van der Waals surface area (Å²) in [7, 11) is 0. The molecule has 0 saturated carbocycles. The summed E-state index contributed by atoms with van der Waals surface area (Å²) in [6, 6.07) is -0.109. The molecule has 0 aromatic rings. The third kappa shape index (κ3) is 2.14. The van der Waals surface area contributed by atoms with E-state index >= 15 is 0 Å². The average molecular weight is 105 g/mol. The topological polar surface area (TPSA) is 34.3 Å². The van der Waals surface area contributed by atoms with E-state index in [0.29, 0.717) is 0 Å². The summed E-state index contributed by atoms with van der Waals surface area (Å²) >= 11 is 0. The predicted molar refractivity (Wildman–Crippen MR) is 27.2 cm³/mol. The first kappa shape index (κ1) is 3.41. The highest BCUT2D eigenvalue weighted by Crippen LogP contribution is 1.78. The minimum absolute atomic E-state index is 0.109. The van der Waals surface area contributed by atoms with Gasteiger partial charge in [-0.1, -0.05) is 0 Å². The number of rotatable bonds is 2. The molecule has 3 nitrogen and oxygen atoms in total. The second-order valence-electron chi connectivity index (χ2n) is 1.59. The molecule has 0 radical (unpaired) electrons. The second-order valence-corrected chi connectivity index (χ2v) is 1.59. The Labute approximate surface area is 46.1 Å². The zero-order valence-electron chi connectivity index (χ0n) is 6.51. The van der Waals surface area contributed by atoms with Crippen molar-refractivity contribution >= 4 is 0 Å². The molecule has 42 valence electrons. The van der Waals surface area contributed by atoms with Crippen molar-refractivity contribution in [2.24, 2.45) is 0 Å². The zero-order chi connectivity index (χ0) is 7.44. The normalized spacial score (nSPS) is 13.7. The molecule has 0 atom stereocenters. The maximum atomic E-state index is 9.95. The average Bonchev–Trinajstić information content (AvgIpc) is 1.64. The van der Waals surface area contributed by atoms with Crippen LogP contribution in [-0.4, -0.2) is 18.1 Å². The first-order chi connectivity index (χ1) is 4.09. The maximum absolute atomic E-state index is 9.95. The van der Waals surface area contributed by atoms with Crippen LogP contribution in [0.15, 0.2) is 0 Å². The van der Waals surface area contributed by atoms with E-state index in [0.717, 1.165) is 5.01 Å². The number of nitroso groups, excluding NO2 is 1. The summed E-state index contributed by atoms with van der Waals surface area (Å²) in [6.07, 6.45) is 0. The van der Waals surface area contributed by atoms with Crippen LogP contribution < -0.4 is 5.29 Å². The molecule has 1 N–H and O–H groups in total. The molecule has 0 aliphatic heterocycles. The maximum Gasteiger partial charge on any atom is 0.102 e. The van der Waals surface area contributed by atoms with Crippen LogP contribution in [0.4, 0.5) is 0 Å². The monoisotopic (exact) mass is 105 g/mol. The summed E-state index contributed by atoms with van der Waals surface area (Å²) in [4.78, 5) is 9.95. The van der Waals surface area contributed by atoms with Crippen LogP contribution in [0.3, 0.4) is 0 Å². The molecule has 0 aromatic heterocycles.